The number of hydrogen-bond donors (Lipinski definition) is 1. The lowest BCUT2D eigenvalue weighted by Gasteiger charge is -2.11. The van der Waals surface area contributed by atoms with Gasteiger partial charge in [0, 0.05) is 12.1 Å². The molecular formula is C26H25N3O5. The van der Waals surface area contributed by atoms with Crippen molar-refractivity contribution in [3.8, 4) is 22.9 Å². The number of nitrogens with zero attached hydrogens (tertiary/aromatic N) is 2. The van der Waals surface area contributed by atoms with Crippen LogP contribution in [0.2, 0.25) is 0 Å². The highest BCUT2D eigenvalue weighted by Crippen LogP contribution is 2.27. The Morgan fingerprint density at radius 3 is 2.44 bits per heavy atom. The number of carbonyl (C=O) groups is 1. The molecule has 0 aliphatic carbocycles. The van der Waals surface area contributed by atoms with Crippen LogP contribution in [-0.2, 0) is 6.42 Å². The second kappa shape index (κ2) is 10.1. The average Bonchev–Trinajstić information content (AvgIpc) is 2.88. The molecule has 174 valence electrons. The number of methoxy groups -OCH3 is 3. The van der Waals surface area contributed by atoms with Gasteiger partial charge in [-0.25, -0.2) is 4.98 Å². The third-order valence-electron chi connectivity index (χ3n) is 5.51. The molecule has 4 rings (SSSR count). The number of benzene rings is 3. The third kappa shape index (κ3) is 4.56. The molecule has 4 aromatic rings. The van der Waals surface area contributed by atoms with Crippen LogP contribution in [0.1, 0.15) is 15.9 Å². The van der Waals surface area contributed by atoms with E-state index in [9.17, 15) is 9.59 Å². The van der Waals surface area contributed by atoms with Crippen molar-refractivity contribution in [3.63, 3.8) is 0 Å². The minimum absolute atomic E-state index is 0.238. The van der Waals surface area contributed by atoms with Crippen molar-refractivity contribution in [2.75, 3.05) is 27.9 Å². The molecule has 34 heavy (non-hydrogen) atoms. The van der Waals surface area contributed by atoms with E-state index in [2.05, 4.69) is 10.3 Å². The summed E-state index contributed by atoms with van der Waals surface area (Å²) in [4.78, 5) is 30.1. The van der Waals surface area contributed by atoms with E-state index >= 15 is 0 Å². The second-order valence-electron chi connectivity index (χ2n) is 7.52. The fraction of sp³-hybridized carbons (Fsp3) is 0.192. The van der Waals surface area contributed by atoms with Crippen LogP contribution in [-0.4, -0.2) is 43.3 Å². The first-order valence-electron chi connectivity index (χ1n) is 10.7. The Bertz CT molecular complexity index is 1400. The van der Waals surface area contributed by atoms with Crippen LogP contribution in [0, 0.1) is 0 Å². The van der Waals surface area contributed by atoms with Gasteiger partial charge in [0.2, 0.25) is 0 Å². The molecule has 0 spiro atoms. The minimum atomic E-state index is -0.241. The van der Waals surface area contributed by atoms with E-state index in [1.165, 1.54) is 10.9 Å². The molecule has 3 aromatic carbocycles. The number of ether oxygens (including phenoxy) is 3. The third-order valence-corrected chi connectivity index (χ3v) is 5.51. The summed E-state index contributed by atoms with van der Waals surface area (Å²) in [5.74, 6) is 1.63. The van der Waals surface area contributed by atoms with Crippen LogP contribution in [0.15, 0.2) is 71.8 Å². The molecule has 0 saturated heterocycles. The molecule has 0 atom stereocenters. The number of rotatable bonds is 8. The van der Waals surface area contributed by atoms with Crippen LogP contribution >= 0.6 is 0 Å². The number of nitrogens with one attached hydrogen (secondary N) is 1. The molecule has 0 bridgehead atoms. The molecule has 0 fully saturated rings. The summed E-state index contributed by atoms with van der Waals surface area (Å²) in [7, 11) is 4.72. The van der Waals surface area contributed by atoms with E-state index in [1.54, 1.807) is 51.7 Å². The summed E-state index contributed by atoms with van der Waals surface area (Å²) in [5, 5.41) is 3.32. The summed E-state index contributed by atoms with van der Waals surface area (Å²) < 4.78 is 17.4. The normalized spacial score (nSPS) is 10.7. The van der Waals surface area contributed by atoms with Gasteiger partial charge in [0.05, 0.1) is 37.9 Å². The lowest BCUT2D eigenvalue weighted by molar-refractivity contribution is 0.0954. The van der Waals surface area contributed by atoms with Crippen molar-refractivity contribution < 1.29 is 19.0 Å². The Hall–Kier alpha value is -4.33. The number of carbonyl (C=O) groups excluding carboxylic acids is 1. The van der Waals surface area contributed by atoms with Crippen molar-refractivity contribution in [1.29, 1.82) is 0 Å². The van der Waals surface area contributed by atoms with Crippen molar-refractivity contribution in [2.24, 2.45) is 0 Å². The highest BCUT2D eigenvalue weighted by molar-refractivity contribution is 5.97. The number of aromatic nitrogens is 2. The maximum absolute atomic E-state index is 13.1. The van der Waals surface area contributed by atoms with E-state index in [-0.39, 0.29) is 11.5 Å². The molecule has 0 radical (unpaired) electrons. The maximum Gasteiger partial charge on any atom is 0.265 e. The summed E-state index contributed by atoms with van der Waals surface area (Å²) in [6.45, 7) is 0.440. The van der Waals surface area contributed by atoms with Gasteiger partial charge in [0.1, 0.15) is 12.1 Å². The van der Waals surface area contributed by atoms with E-state index < -0.39 is 0 Å². The highest BCUT2D eigenvalue weighted by atomic mass is 16.5. The van der Waals surface area contributed by atoms with Gasteiger partial charge in [0.25, 0.3) is 11.5 Å². The van der Waals surface area contributed by atoms with Crippen LogP contribution in [0.5, 0.6) is 17.2 Å². The summed E-state index contributed by atoms with van der Waals surface area (Å²) in [6.07, 6.45) is 2.07. The largest absolute Gasteiger partial charge is 0.495 e. The van der Waals surface area contributed by atoms with Crippen LogP contribution in [0.4, 0.5) is 0 Å². The van der Waals surface area contributed by atoms with Gasteiger partial charge >= 0.3 is 0 Å². The Kier molecular flexibility index (Phi) is 6.77. The first-order valence-corrected chi connectivity index (χ1v) is 10.7. The summed E-state index contributed by atoms with van der Waals surface area (Å²) in [6, 6.07) is 17.7. The quantitative estimate of drug-likeness (QED) is 0.434. The van der Waals surface area contributed by atoms with Crippen LogP contribution in [0.3, 0.4) is 0 Å². The smallest absolute Gasteiger partial charge is 0.265 e. The molecular weight excluding hydrogens is 434 g/mol. The Morgan fingerprint density at radius 1 is 0.912 bits per heavy atom. The van der Waals surface area contributed by atoms with E-state index in [4.69, 9.17) is 14.2 Å². The van der Waals surface area contributed by atoms with Gasteiger partial charge in [-0.15, -0.1) is 0 Å². The average molecular weight is 460 g/mol. The lowest BCUT2D eigenvalue weighted by Crippen LogP contribution is -2.26. The molecule has 1 N–H and O–H groups in total. The van der Waals surface area contributed by atoms with E-state index in [0.717, 1.165) is 5.56 Å². The first-order chi connectivity index (χ1) is 16.5. The fourth-order valence-corrected chi connectivity index (χ4v) is 3.72. The minimum Gasteiger partial charge on any atom is -0.495 e. The van der Waals surface area contributed by atoms with Crippen molar-refractivity contribution in [3.05, 3.63) is 88.5 Å². The van der Waals surface area contributed by atoms with E-state index in [1.807, 2.05) is 30.3 Å². The predicted molar refractivity (Wildman–Crippen MR) is 129 cm³/mol. The lowest BCUT2D eigenvalue weighted by atomic mass is 10.1. The van der Waals surface area contributed by atoms with Crippen molar-refractivity contribution >= 4 is 16.8 Å². The molecule has 1 amide bonds. The topological polar surface area (TPSA) is 91.7 Å². The Labute approximate surface area is 196 Å². The highest BCUT2D eigenvalue weighted by Gasteiger charge is 2.13. The number of hydrogen-bond acceptors (Lipinski definition) is 6. The monoisotopic (exact) mass is 459 g/mol. The van der Waals surface area contributed by atoms with Gasteiger partial charge in [-0.3, -0.25) is 14.2 Å². The zero-order chi connectivity index (χ0) is 24.1. The Balaban J connectivity index is 1.49. The van der Waals surface area contributed by atoms with Gasteiger partial charge < -0.3 is 19.5 Å². The molecule has 0 unspecified atom stereocenters. The Morgan fingerprint density at radius 2 is 1.68 bits per heavy atom. The van der Waals surface area contributed by atoms with Crippen molar-refractivity contribution in [2.45, 2.75) is 6.42 Å². The van der Waals surface area contributed by atoms with Crippen LogP contribution in [0.25, 0.3) is 16.6 Å². The second-order valence-corrected chi connectivity index (χ2v) is 7.52. The summed E-state index contributed by atoms with van der Waals surface area (Å²) >= 11 is 0. The maximum atomic E-state index is 13.1. The molecule has 0 saturated carbocycles. The molecule has 1 aromatic heterocycles. The molecule has 1 heterocycles. The molecule has 8 heteroatoms. The van der Waals surface area contributed by atoms with E-state index in [0.29, 0.717) is 52.4 Å². The zero-order valence-corrected chi connectivity index (χ0v) is 19.2. The standard InChI is InChI=1S/C26H25N3O5/c1-32-22-7-5-4-6-21(22)29-16-28-20-15-18(9-10-19(20)26(29)31)25(30)27-13-12-17-8-11-23(33-2)24(14-17)34-3/h4-11,14-16H,12-13H2,1-3H3,(H,27,30). The first kappa shape index (κ1) is 22.8. The summed E-state index contributed by atoms with van der Waals surface area (Å²) in [5.41, 5.74) is 2.25. The van der Waals surface area contributed by atoms with Gasteiger partial charge in [-0.05, 0) is 54.4 Å². The van der Waals surface area contributed by atoms with Crippen molar-refractivity contribution in [1.82, 2.24) is 14.9 Å². The number of amides is 1. The SMILES string of the molecule is COc1ccc(CCNC(=O)c2ccc3c(=O)n(-c4ccccc4OC)cnc3c2)cc1OC. The van der Waals surface area contributed by atoms with Gasteiger partial charge in [0.15, 0.2) is 11.5 Å². The van der Waals surface area contributed by atoms with Gasteiger partial charge in [-0.2, -0.15) is 0 Å². The zero-order valence-electron chi connectivity index (χ0n) is 19.2. The predicted octanol–water partition coefficient (Wildman–Crippen LogP) is 3.38. The molecule has 0 aliphatic rings. The molecule has 8 nitrogen and oxygen atoms in total. The fourth-order valence-electron chi connectivity index (χ4n) is 3.72. The van der Waals surface area contributed by atoms with Crippen LogP contribution < -0.4 is 25.1 Å². The number of para-hydroxylation sites is 2. The van der Waals surface area contributed by atoms with Gasteiger partial charge in [-0.1, -0.05) is 18.2 Å². The molecule has 0 aliphatic heterocycles. The number of fused-ring (bicyclic) bond motifs is 1.